The molecule has 3 nitrogen and oxygen atoms in total. The number of nitrogens with zero attached hydrogens (tertiary/aromatic N) is 2. The van der Waals surface area contributed by atoms with Crippen LogP contribution >= 0.6 is 15.9 Å². The van der Waals surface area contributed by atoms with Gasteiger partial charge in [-0.25, -0.2) is 0 Å². The van der Waals surface area contributed by atoms with Gasteiger partial charge in [-0.2, -0.15) is 0 Å². The van der Waals surface area contributed by atoms with E-state index in [-0.39, 0.29) is 6.04 Å². The molecule has 0 saturated carbocycles. The van der Waals surface area contributed by atoms with Crippen LogP contribution in [0, 0.1) is 6.92 Å². The molecule has 4 heteroatoms. The first kappa shape index (κ1) is 15.2. The van der Waals surface area contributed by atoms with Crippen LogP contribution < -0.4 is 5.73 Å². The fourth-order valence-electron chi connectivity index (χ4n) is 2.28. The average Bonchev–Trinajstić information content (AvgIpc) is 2.44. The highest BCUT2D eigenvalue weighted by Crippen LogP contribution is 2.25. The molecule has 0 fully saturated rings. The summed E-state index contributed by atoms with van der Waals surface area (Å²) in [6, 6.07) is 10.7. The number of rotatable bonds is 5. The van der Waals surface area contributed by atoms with Crippen molar-refractivity contribution in [2.75, 3.05) is 13.6 Å². The van der Waals surface area contributed by atoms with Gasteiger partial charge in [0, 0.05) is 36.0 Å². The van der Waals surface area contributed by atoms with E-state index in [4.69, 9.17) is 5.73 Å². The Kier molecular flexibility index (Phi) is 5.29. The summed E-state index contributed by atoms with van der Waals surface area (Å²) in [7, 11) is 2.10. The third-order valence-corrected chi connectivity index (χ3v) is 4.35. The Labute approximate surface area is 129 Å². The van der Waals surface area contributed by atoms with Crippen LogP contribution in [-0.2, 0) is 6.54 Å². The fourth-order valence-corrected chi connectivity index (χ4v) is 2.67. The summed E-state index contributed by atoms with van der Waals surface area (Å²) < 4.78 is 1.13. The van der Waals surface area contributed by atoms with Gasteiger partial charge in [0.1, 0.15) is 0 Å². The molecular weight excluding hydrogens is 314 g/mol. The largest absolute Gasteiger partial charge is 0.329 e. The summed E-state index contributed by atoms with van der Waals surface area (Å²) >= 11 is 3.59. The summed E-state index contributed by atoms with van der Waals surface area (Å²) in [5, 5.41) is 0. The third kappa shape index (κ3) is 3.66. The van der Waals surface area contributed by atoms with Crippen molar-refractivity contribution in [2.24, 2.45) is 5.73 Å². The second-order valence-corrected chi connectivity index (χ2v) is 5.89. The molecule has 0 amide bonds. The number of benzene rings is 1. The molecule has 0 aliphatic carbocycles. The Morgan fingerprint density at radius 2 is 2.15 bits per heavy atom. The maximum atomic E-state index is 5.97. The minimum Gasteiger partial charge on any atom is -0.329 e. The van der Waals surface area contributed by atoms with Crippen molar-refractivity contribution < 1.29 is 0 Å². The zero-order valence-corrected chi connectivity index (χ0v) is 13.5. The zero-order valence-electron chi connectivity index (χ0n) is 11.9. The predicted molar refractivity (Wildman–Crippen MR) is 86.4 cm³/mol. The smallest absolute Gasteiger partial charge is 0.0471 e. The number of halogens is 1. The molecular formula is C16H20BrN3. The monoisotopic (exact) mass is 333 g/mol. The summed E-state index contributed by atoms with van der Waals surface area (Å²) in [5.74, 6) is 0. The highest BCUT2D eigenvalue weighted by molar-refractivity contribution is 9.10. The molecule has 106 valence electrons. The Balaban J connectivity index is 2.16. The van der Waals surface area contributed by atoms with Gasteiger partial charge < -0.3 is 5.73 Å². The van der Waals surface area contributed by atoms with Crippen molar-refractivity contribution in [1.82, 2.24) is 9.88 Å². The van der Waals surface area contributed by atoms with Gasteiger partial charge in [0.15, 0.2) is 0 Å². The molecule has 0 radical (unpaired) electrons. The van der Waals surface area contributed by atoms with Crippen LogP contribution in [0.2, 0.25) is 0 Å². The van der Waals surface area contributed by atoms with E-state index in [1.165, 1.54) is 16.7 Å². The van der Waals surface area contributed by atoms with E-state index < -0.39 is 0 Å². The SMILES string of the molecule is Cc1ccc(C(CN)N(C)Cc2cccnc2)cc1Br. The van der Waals surface area contributed by atoms with Gasteiger partial charge in [0.2, 0.25) is 0 Å². The number of hydrogen-bond donors (Lipinski definition) is 1. The van der Waals surface area contributed by atoms with E-state index in [1.54, 1.807) is 6.20 Å². The summed E-state index contributed by atoms with van der Waals surface area (Å²) in [5.41, 5.74) is 9.64. The highest BCUT2D eigenvalue weighted by Gasteiger charge is 2.16. The lowest BCUT2D eigenvalue weighted by atomic mass is 10.0. The number of aromatic nitrogens is 1. The van der Waals surface area contributed by atoms with Gasteiger partial charge in [-0.3, -0.25) is 9.88 Å². The predicted octanol–water partition coefficient (Wildman–Crippen LogP) is 3.28. The van der Waals surface area contributed by atoms with Crippen LogP contribution in [-0.4, -0.2) is 23.5 Å². The summed E-state index contributed by atoms with van der Waals surface area (Å²) in [4.78, 5) is 6.41. The minimum absolute atomic E-state index is 0.201. The molecule has 1 aromatic heterocycles. The van der Waals surface area contributed by atoms with E-state index in [1.807, 2.05) is 12.3 Å². The van der Waals surface area contributed by atoms with Crippen molar-refractivity contribution in [3.63, 3.8) is 0 Å². The Hall–Kier alpha value is -1.23. The second-order valence-electron chi connectivity index (χ2n) is 5.04. The number of pyridine rings is 1. The molecule has 0 aliphatic rings. The molecule has 2 N–H and O–H groups in total. The molecule has 20 heavy (non-hydrogen) atoms. The lowest BCUT2D eigenvalue weighted by molar-refractivity contribution is 0.241. The first-order chi connectivity index (χ1) is 9.61. The van der Waals surface area contributed by atoms with Gasteiger partial charge in [0.25, 0.3) is 0 Å². The Morgan fingerprint density at radius 1 is 1.35 bits per heavy atom. The molecule has 1 unspecified atom stereocenters. The van der Waals surface area contributed by atoms with Gasteiger partial charge in [-0.1, -0.05) is 34.1 Å². The molecule has 2 rings (SSSR count). The number of likely N-dealkylation sites (N-methyl/N-ethyl adjacent to an activating group) is 1. The zero-order chi connectivity index (χ0) is 14.5. The average molecular weight is 334 g/mol. The molecule has 2 aromatic rings. The van der Waals surface area contributed by atoms with E-state index >= 15 is 0 Å². The molecule has 0 bridgehead atoms. The fraction of sp³-hybridized carbons (Fsp3) is 0.312. The molecule has 0 spiro atoms. The number of aryl methyl sites for hydroxylation is 1. The first-order valence-corrected chi connectivity index (χ1v) is 7.46. The minimum atomic E-state index is 0.201. The summed E-state index contributed by atoms with van der Waals surface area (Å²) in [6.07, 6.45) is 3.69. The molecule has 1 heterocycles. The van der Waals surface area contributed by atoms with E-state index in [9.17, 15) is 0 Å². The van der Waals surface area contributed by atoms with E-state index in [0.29, 0.717) is 6.54 Å². The van der Waals surface area contributed by atoms with Crippen LogP contribution in [0.25, 0.3) is 0 Å². The highest BCUT2D eigenvalue weighted by atomic mass is 79.9. The van der Waals surface area contributed by atoms with Gasteiger partial charge in [-0.05, 0) is 42.8 Å². The topological polar surface area (TPSA) is 42.1 Å². The van der Waals surface area contributed by atoms with Crippen LogP contribution in [0.5, 0.6) is 0 Å². The van der Waals surface area contributed by atoms with E-state index in [0.717, 1.165) is 11.0 Å². The second kappa shape index (κ2) is 6.97. The lowest BCUT2D eigenvalue weighted by Gasteiger charge is -2.27. The van der Waals surface area contributed by atoms with Gasteiger partial charge >= 0.3 is 0 Å². The molecule has 0 saturated heterocycles. The molecule has 0 aliphatic heterocycles. The van der Waals surface area contributed by atoms with Crippen LogP contribution in [0.15, 0.2) is 47.2 Å². The van der Waals surface area contributed by atoms with Gasteiger partial charge in [-0.15, -0.1) is 0 Å². The Morgan fingerprint density at radius 3 is 2.75 bits per heavy atom. The van der Waals surface area contributed by atoms with Crippen LogP contribution in [0.4, 0.5) is 0 Å². The summed E-state index contributed by atoms with van der Waals surface area (Å²) in [6.45, 7) is 3.51. The lowest BCUT2D eigenvalue weighted by Crippen LogP contribution is -2.30. The normalized spacial score (nSPS) is 12.7. The first-order valence-electron chi connectivity index (χ1n) is 6.67. The van der Waals surface area contributed by atoms with Gasteiger partial charge in [0.05, 0.1) is 0 Å². The number of hydrogen-bond acceptors (Lipinski definition) is 3. The van der Waals surface area contributed by atoms with E-state index in [2.05, 4.69) is 64.1 Å². The third-order valence-electron chi connectivity index (χ3n) is 3.49. The van der Waals surface area contributed by atoms with Crippen molar-refractivity contribution in [3.8, 4) is 0 Å². The Bertz CT molecular complexity index is 557. The van der Waals surface area contributed by atoms with Crippen LogP contribution in [0.3, 0.4) is 0 Å². The van der Waals surface area contributed by atoms with Crippen molar-refractivity contribution in [2.45, 2.75) is 19.5 Å². The standard InChI is InChI=1S/C16H20BrN3/c1-12-5-6-14(8-15(12)17)16(9-18)20(2)11-13-4-3-7-19-10-13/h3-8,10,16H,9,11,18H2,1-2H3. The van der Waals surface area contributed by atoms with Crippen molar-refractivity contribution >= 4 is 15.9 Å². The quantitative estimate of drug-likeness (QED) is 0.912. The molecule has 1 atom stereocenters. The number of nitrogens with two attached hydrogens (primary N) is 1. The maximum absolute atomic E-state index is 5.97. The van der Waals surface area contributed by atoms with Crippen molar-refractivity contribution in [3.05, 3.63) is 63.9 Å². The maximum Gasteiger partial charge on any atom is 0.0471 e. The molecule has 1 aromatic carbocycles. The van der Waals surface area contributed by atoms with Crippen molar-refractivity contribution in [1.29, 1.82) is 0 Å². The van der Waals surface area contributed by atoms with Crippen LogP contribution in [0.1, 0.15) is 22.7 Å².